The zero-order chi connectivity index (χ0) is 14.4. The molecule has 0 aliphatic carbocycles. The van der Waals surface area contributed by atoms with Crippen LogP contribution in [-0.2, 0) is 9.59 Å². The summed E-state index contributed by atoms with van der Waals surface area (Å²) in [6, 6.07) is 6.04. The minimum atomic E-state index is -1.59. The lowest BCUT2D eigenvalue weighted by Gasteiger charge is -2.02. The van der Waals surface area contributed by atoms with Gasteiger partial charge < -0.3 is 27.6 Å². The van der Waals surface area contributed by atoms with Gasteiger partial charge in [-0.1, -0.05) is 6.07 Å². The van der Waals surface area contributed by atoms with Crippen LogP contribution in [0.25, 0.3) is 0 Å². The van der Waals surface area contributed by atoms with Crippen LogP contribution in [0.15, 0.2) is 34.3 Å². The van der Waals surface area contributed by atoms with E-state index in [9.17, 15) is 9.59 Å². The zero-order valence-corrected chi connectivity index (χ0v) is 9.70. The maximum Gasteiger partial charge on any atom is 0.394 e. The molecule has 1 aromatic carbocycles. The summed E-state index contributed by atoms with van der Waals surface area (Å²) in [6.45, 7) is 0. The van der Waals surface area contributed by atoms with Gasteiger partial charge in [0, 0.05) is 5.69 Å². The highest BCUT2D eigenvalue weighted by Gasteiger charge is 2.10. The molecule has 0 spiro atoms. The SMILES string of the molecule is NC(N)=NC(N)=Nc1cccc(NC(=O)C(=O)O)c1. The van der Waals surface area contributed by atoms with Crippen LogP contribution in [0.4, 0.5) is 11.4 Å². The quantitative estimate of drug-likeness (QED) is 0.258. The minimum Gasteiger partial charge on any atom is -0.474 e. The summed E-state index contributed by atoms with van der Waals surface area (Å²) >= 11 is 0. The first-order chi connectivity index (χ1) is 8.88. The molecule has 0 bridgehead atoms. The Morgan fingerprint density at radius 2 is 1.89 bits per heavy atom. The number of carbonyl (C=O) groups excluding carboxylic acids is 1. The van der Waals surface area contributed by atoms with Crippen LogP contribution in [-0.4, -0.2) is 28.9 Å². The van der Waals surface area contributed by atoms with Crippen molar-refractivity contribution in [2.45, 2.75) is 0 Å². The van der Waals surface area contributed by atoms with Crippen molar-refractivity contribution in [3.63, 3.8) is 0 Å². The van der Waals surface area contributed by atoms with Crippen LogP contribution in [0.3, 0.4) is 0 Å². The highest BCUT2D eigenvalue weighted by Crippen LogP contribution is 2.17. The van der Waals surface area contributed by atoms with Crippen molar-refractivity contribution in [2.24, 2.45) is 27.2 Å². The molecule has 9 nitrogen and oxygen atoms in total. The van der Waals surface area contributed by atoms with Crippen molar-refractivity contribution in [1.82, 2.24) is 0 Å². The lowest BCUT2D eigenvalue weighted by atomic mass is 10.3. The zero-order valence-electron chi connectivity index (χ0n) is 9.70. The van der Waals surface area contributed by atoms with E-state index < -0.39 is 11.9 Å². The fourth-order valence-corrected chi connectivity index (χ4v) is 1.13. The molecule has 1 rings (SSSR count). The van der Waals surface area contributed by atoms with Crippen LogP contribution in [0, 0.1) is 0 Å². The molecule has 0 saturated heterocycles. The average molecular weight is 264 g/mol. The number of rotatable bonds is 2. The van der Waals surface area contributed by atoms with Gasteiger partial charge in [-0.3, -0.25) is 4.79 Å². The van der Waals surface area contributed by atoms with Gasteiger partial charge >= 0.3 is 11.9 Å². The first kappa shape index (κ1) is 14.0. The van der Waals surface area contributed by atoms with E-state index in [1.165, 1.54) is 12.1 Å². The standard InChI is InChI=1S/C10H12N6O3/c11-9(12)16-10(13)15-6-3-1-2-5(4-6)14-7(17)8(18)19/h1-4H,(H,14,17)(H,18,19)(H6,11,12,13,15,16). The number of anilines is 1. The van der Waals surface area contributed by atoms with Crippen LogP contribution < -0.4 is 22.5 Å². The fraction of sp³-hybridized carbons (Fsp3) is 0. The molecular formula is C10H12N6O3. The Labute approximate surface area is 107 Å². The second-order valence-corrected chi connectivity index (χ2v) is 3.32. The van der Waals surface area contributed by atoms with E-state index in [0.717, 1.165) is 0 Å². The summed E-state index contributed by atoms with van der Waals surface area (Å²) in [4.78, 5) is 28.7. The maximum absolute atomic E-state index is 11.0. The van der Waals surface area contributed by atoms with Crippen molar-refractivity contribution in [1.29, 1.82) is 0 Å². The van der Waals surface area contributed by atoms with E-state index >= 15 is 0 Å². The predicted octanol–water partition coefficient (Wildman–Crippen LogP) is -1.07. The van der Waals surface area contributed by atoms with Crippen LogP contribution in [0.2, 0.25) is 0 Å². The molecule has 9 heteroatoms. The highest BCUT2D eigenvalue weighted by atomic mass is 16.4. The van der Waals surface area contributed by atoms with Crippen LogP contribution >= 0.6 is 0 Å². The number of carboxylic acid groups (broad SMARTS) is 1. The maximum atomic E-state index is 11.0. The Morgan fingerprint density at radius 3 is 2.47 bits per heavy atom. The van der Waals surface area contributed by atoms with E-state index in [4.69, 9.17) is 22.3 Å². The summed E-state index contributed by atoms with van der Waals surface area (Å²) in [5.74, 6) is -3.15. The minimum absolute atomic E-state index is 0.165. The van der Waals surface area contributed by atoms with Crippen molar-refractivity contribution >= 4 is 35.2 Å². The summed E-state index contributed by atoms with van der Waals surface area (Å²) in [6.07, 6.45) is 0. The molecule has 100 valence electrons. The number of aliphatic carboxylic acids is 1. The monoisotopic (exact) mass is 264 g/mol. The van der Waals surface area contributed by atoms with Crippen molar-refractivity contribution in [3.05, 3.63) is 24.3 Å². The number of aliphatic imine (C=N–C) groups is 2. The third kappa shape index (κ3) is 4.73. The lowest BCUT2D eigenvalue weighted by molar-refractivity contribution is -0.147. The molecule has 0 aliphatic rings. The molecular weight excluding hydrogens is 252 g/mol. The Morgan fingerprint density at radius 1 is 1.21 bits per heavy atom. The van der Waals surface area contributed by atoms with Crippen molar-refractivity contribution in [2.75, 3.05) is 5.32 Å². The van der Waals surface area contributed by atoms with Crippen molar-refractivity contribution < 1.29 is 14.7 Å². The Bertz CT molecular complexity index is 562. The smallest absolute Gasteiger partial charge is 0.394 e. The second-order valence-electron chi connectivity index (χ2n) is 3.32. The number of guanidine groups is 2. The van der Waals surface area contributed by atoms with E-state index in [1.54, 1.807) is 12.1 Å². The number of hydrogen-bond donors (Lipinski definition) is 5. The molecule has 19 heavy (non-hydrogen) atoms. The number of nitrogens with two attached hydrogens (primary N) is 3. The van der Waals surface area contributed by atoms with E-state index in [2.05, 4.69) is 15.3 Å². The lowest BCUT2D eigenvalue weighted by Crippen LogP contribution is -2.26. The molecule has 1 aromatic rings. The predicted molar refractivity (Wildman–Crippen MR) is 69.8 cm³/mol. The number of nitrogens with one attached hydrogen (secondary N) is 1. The summed E-state index contributed by atoms with van der Waals surface area (Å²) in [5.41, 5.74) is 16.3. The molecule has 0 saturated carbocycles. The molecule has 0 radical (unpaired) electrons. The first-order valence-corrected chi connectivity index (χ1v) is 4.96. The largest absolute Gasteiger partial charge is 0.474 e. The molecule has 0 aliphatic heterocycles. The van der Waals surface area contributed by atoms with Crippen LogP contribution in [0.1, 0.15) is 0 Å². The van der Waals surface area contributed by atoms with E-state index in [0.29, 0.717) is 5.69 Å². The van der Waals surface area contributed by atoms with Gasteiger partial charge in [-0.25, -0.2) is 9.79 Å². The van der Waals surface area contributed by atoms with E-state index in [-0.39, 0.29) is 17.6 Å². The second kappa shape index (κ2) is 6.00. The van der Waals surface area contributed by atoms with Crippen molar-refractivity contribution in [3.8, 4) is 0 Å². The van der Waals surface area contributed by atoms with Gasteiger partial charge in [-0.2, -0.15) is 4.99 Å². The van der Waals surface area contributed by atoms with Gasteiger partial charge in [0.1, 0.15) is 0 Å². The molecule has 0 unspecified atom stereocenters. The van der Waals surface area contributed by atoms with Crippen LogP contribution in [0.5, 0.6) is 0 Å². The Hall–Kier alpha value is -3.10. The van der Waals surface area contributed by atoms with Gasteiger partial charge in [0.2, 0.25) is 5.96 Å². The topological polar surface area (TPSA) is 169 Å². The fourth-order valence-electron chi connectivity index (χ4n) is 1.13. The molecule has 1 amide bonds. The number of benzene rings is 1. The van der Waals surface area contributed by atoms with Gasteiger partial charge in [-0.05, 0) is 18.2 Å². The molecule has 8 N–H and O–H groups in total. The average Bonchev–Trinajstić information content (AvgIpc) is 2.27. The summed E-state index contributed by atoms with van der Waals surface area (Å²) in [7, 11) is 0. The molecule has 0 atom stereocenters. The third-order valence-corrected chi connectivity index (χ3v) is 1.79. The molecule has 0 fully saturated rings. The normalized spacial score (nSPS) is 10.6. The number of amides is 1. The summed E-state index contributed by atoms with van der Waals surface area (Å²) < 4.78 is 0. The van der Waals surface area contributed by atoms with Gasteiger partial charge in [-0.15, -0.1) is 0 Å². The summed E-state index contributed by atoms with van der Waals surface area (Å²) in [5, 5.41) is 10.6. The number of carbonyl (C=O) groups is 2. The van der Waals surface area contributed by atoms with E-state index in [1.807, 2.05) is 0 Å². The van der Waals surface area contributed by atoms with Gasteiger partial charge in [0.05, 0.1) is 5.69 Å². The van der Waals surface area contributed by atoms with Gasteiger partial charge in [0.15, 0.2) is 5.96 Å². The molecule has 0 heterocycles. The number of carboxylic acids is 1. The number of hydrogen-bond acceptors (Lipinski definition) is 3. The third-order valence-electron chi connectivity index (χ3n) is 1.79. The highest BCUT2D eigenvalue weighted by molar-refractivity contribution is 6.36. The Kier molecular flexibility index (Phi) is 4.41. The molecule has 0 aromatic heterocycles. The van der Waals surface area contributed by atoms with Gasteiger partial charge in [0.25, 0.3) is 0 Å². The first-order valence-electron chi connectivity index (χ1n) is 4.96. The number of nitrogens with zero attached hydrogens (tertiary/aromatic N) is 2. The Balaban J connectivity index is 2.92.